The molecule has 0 atom stereocenters. The number of H-pyrrole nitrogens is 1. The number of phenolic OH excluding ortho intramolecular Hbond substituents is 1. The summed E-state index contributed by atoms with van der Waals surface area (Å²) >= 11 is 2.20. The summed E-state index contributed by atoms with van der Waals surface area (Å²) in [7, 11) is 0. The molecule has 0 bridgehead atoms. The van der Waals surface area contributed by atoms with Crippen LogP contribution in [0.1, 0.15) is 28.5 Å². The largest absolute Gasteiger partial charge is 0.508 e. The number of nitrogens with one attached hydrogen (secondary N) is 2. The molecule has 0 aliphatic carbocycles. The van der Waals surface area contributed by atoms with Crippen molar-refractivity contribution in [3.8, 4) is 11.4 Å². The van der Waals surface area contributed by atoms with Gasteiger partial charge in [0.15, 0.2) is 0 Å². The number of nitrogens with zero attached hydrogens (tertiary/aromatic N) is 2. The normalized spacial score (nSPS) is 11.4. The molecule has 0 fully saturated rings. The number of hydrazone groups is 1. The van der Waals surface area contributed by atoms with Gasteiger partial charge in [-0.2, -0.15) is 5.10 Å². The molecule has 0 saturated carbocycles. The monoisotopic (exact) mass is 476 g/mol. The molecule has 1 heterocycles. The van der Waals surface area contributed by atoms with Crippen LogP contribution >= 0.6 is 22.6 Å². The number of hydrogen-bond acceptors (Lipinski definition) is 4. The summed E-state index contributed by atoms with van der Waals surface area (Å²) < 4.78 is 2.52. The number of carbonyl (C=O) groups is 1. The van der Waals surface area contributed by atoms with E-state index in [1.807, 2.05) is 24.3 Å². The molecule has 27 heavy (non-hydrogen) atoms. The van der Waals surface area contributed by atoms with Gasteiger partial charge in [0.1, 0.15) is 5.75 Å². The Bertz CT molecular complexity index is 1060. The minimum absolute atomic E-state index is 0.0744. The number of aromatic hydroxyl groups is 1. The number of aromatic amines is 1. The molecule has 0 saturated heterocycles. The van der Waals surface area contributed by atoms with Crippen LogP contribution < -0.4 is 11.0 Å². The average Bonchev–Trinajstić information content (AvgIpc) is 2.95. The molecule has 138 valence electrons. The quantitative estimate of drug-likeness (QED) is 0.307. The highest BCUT2D eigenvalue weighted by atomic mass is 127. The van der Waals surface area contributed by atoms with Crippen LogP contribution in [-0.2, 0) is 0 Å². The lowest BCUT2D eigenvalue weighted by Gasteiger charge is -2.02. The number of carbonyl (C=O) groups excluding carboxylic acids is 1. The van der Waals surface area contributed by atoms with Crippen molar-refractivity contribution in [2.24, 2.45) is 5.10 Å². The van der Waals surface area contributed by atoms with Gasteiger partial charge in [-0.1, -0.05) is 0 Å². The third-order valence-electron chi connectivity index (χ3n) is 3.97. The van der Waals surface area contributed by atoms with Crippen molar-refractivity contribution in [1.82, 2.24) is 15.2 Å². The molecule has 1 aromatic heterocycles. The lowest BCUT2D eigenvalue weighted by molar-refractivity contribution is 0.0955. The Kier molecular flexibility index (Phi) is 5.45. The fourth-order valence-electron chi connectivity index (χ4n) is 2.61. The van der Waals surface area contributed by atoms with Gasteiger partial charge in [-0.3, -0.25) is 14.7 Å². The standard InChI is InChI=1S/C19H17IN4O3/c1-11(21-22-18(26)13-3-9-16(25)10-4-13)17-12(2)23-24(19(17)27)15-7-5-14(20)6-8-15/h3-10,23,25H,1-2H3,(H,22,26)/b21-11-. The number of phenols is 1. The molecule has 0 aliphatic heterocycles. The lowest BCUT2D eigenvalue weighted by atomic mass is 10.2. The first-order valence-electron chi connectivity index (χ1n) is 8.08. The van der Waals surface area contributed by atoms with E-state index in [0.717, 1.165) is 9.26 Å². The Hall–Kier alpha value is -2.88. The predicted molar refractivity (Wildman–Crippen MR) is 112 cm³/mol. The third-order valence-corrected chi connectivity index (χ3v) is 4.69. The van der Waals surface area contributed by atoms with Crippen molar-refractivity contribution in [2.75, 3.05) is 0 Å². The van der Waals surface area contributed by atoms with Gasteiger partial charge in [-0.25, -0.2) is 10.1 Å². The zero-order valence-corrected chi connectivity index (χ0v) is 16.8. The molecule has 3 aromatic rings. The molecule has 0 radical (unpaired) electrons. The summed E-state index contributed by atoms with van der Waals surface area (Å²) in [6.07, 6.45) is 0. The van der Waals surface area contributed by atoms with E-state index in [1.165, 1.54) is 28.9 Å². The summed E-state index contributed by atoms with van der Waals surface area (Å²) in [4.78, 5) is 24.9. The molecule has 2 aromatic carbocycles. The number of halogens is 1. The predicted octanol–water partition coefficient (Wildman–Crippen LogP) is 2.94. The second-order valence-electron chi connectivity index (χ2n) is 5.91. The molecular formula is C19H17IN4O3. The molecule has 8 heteroatoms. The van der Waals surface area contributed by atoms with Crippen LogP contribution in [0, 0.1) is 10.5 Å². The molecule has 3 N–H and O–H groups in total. The number of amides is 1. The summed E-state index contributed by atoms with van der Waals surface area (Å²) in [5.41, 5.74) is 4.71. The summed E-state index contributed by atoms with van der Waals surface area (Å²) in [6, 6.07) is 13.3. The van der Waals surface area contributed by atoms with Crippen molar-refractivity contribution in [1.29, 1.82) is 0 Å². The maximum absolute atomic E-state index is 12.8. The summed E-state index contributed by atoms with van der Waals surface area (Å²) in [5, 5.41) is 16.4. The Morgan fingerprint density at radius 3 is 2.41 bits per heavy atom. The number of benzene rings is 2. The van der Waals surface area contributed by atoms with Crippen LogP contribution in [-0.4, -0.2) is 26.5 Å². The van der Waals surface area contributed by atoms with Crippen molar-refractivity contribution in [2.45, 2.75) is 13.8 Å². The number of aryl methyl sites for hydroxylation is 1. The number of hydrogen-bond donors (Lipinski definition) is 3. The molecule has 3 rings (SSSR count). The topological polar surface area (TPSA) is 99.5 Å². The van der Waals surface area contributed by atoms with Gasteiger partial charge in [-0.05, 0) is 85.0 Å². The first-order valence-corrected chi connectivity index (χ1v) is 9.16. The molecule has 0 unspecified atom stereocenters. The first-order chi connectivity index (χ1) is 12.9. The second-order valence-corrected chi connectivity index (χ2v) is 7.16. The van der Waals surface area contributed by atoms with Crippen LogP contribution in [0.5, 0.6) is 5.75 Å². The average molecular weight is 476 g/mol. The summed E-state index contributed by atoms with van der Waals surface area (Å²) in [6.45, 7) is 3.44. The van der Waals surface area contributed by atoms with Crippen LogP contribution in [0.15, 0.2) is 58.4 Å². The highest BCUT2D eigenvalue weighted by molar-refractivity contribution is 14.1. The van der Waals surface area contributed by atoms with E-state index >= 15 is 0 Å². The zero-order valence-electron chi connectivity index (χ0n) is 14.7. The fraction of sp³-hybridized carbons (Fsp3) is 0.105. The molecular weight excluding hydrogens is 459 g/mol. The smallest absolute Gasteiger partial charge is 0.280 e. The SMILES string of the molecule is C/C(=N/NC(=O)c1ccc(O)cc1)c1c(C)[nH]n(-c2ccc(I)cc2)c1=O. The van der Waals surface area contributed by atoms with E-state index in [-0.39, 0.29) is 11.3 Å². The first kappa shape index (κ1) is 18.9. The van der Waals surface area contributed by atoms with Gasteiger partial charge < -0.3 is 5.11 Å². The maximum Gasteiger partial charge on any atom is 0.280 e. The Balaban J connectivity index is 1.86. The van der Waals surface area contributed by atoms with Crippen molar-refractivity contribution < 1.29 is 9.90 Å². The Morgan fingerprint density at radius 1 is 1.15 bits per heavy atom. The molecule has 0 aliphatic rings. The zero-order chi connectivity index (χ0) is 19.6. The highest BCUT2D eigenvalue weighted by Gasteiger charge is 2.15. The van der Waals surface area contributed by atoms with Gasteiger partial charge in [-0.15, -0.1) is 0 Å². The van der Waals surface area contributed by atoms with Crippen LogP contribution in [0.4, 0.5) is 0 Å². The highest BCUT2D eigenvalue weighted by Crippen LogP contribution is 2.12. The second kappa shape index (κ2) is 7.78. The van der Waals surface area contributed by atoms with E-state index in [9.17, 15) is 14.7 Å². The van der Waals surface area contributed by atoms with E-state index in [2.05, 4.69) is 38.2 Å². The maximum atomic E-state index is 12.8. The minimum atomic E-state index is -0.430. The van der Waals surface area contributed by atoms with Gasteiger partial charge in [0, 0.05) is 14.8 Å². The summed E-state index contributed by atoms with van der Waals surface area (Å²) in [5.74, 6) is -0.356. The number of rotatable bonds is 4. The van der Waals surface area contributed by atoms with Crippen LogP contribution in [0.25, 0.3) is 5.69 Å². The minimum Gasteiger partial charge on any atom is -0.508 e. The van der Waals surface area contributed by atoms with Gasteiger partial charge >= 0.3 is 0 Å². The lowest BCUT2D eigenvalue weighted by Crippen LogP contribution is -2.23. The molecule has 1 amide bonds. The van der Waals surface area contributed by atoms with E-state index in [1.54, 1.807) is 13.8 Å². The van der Waals surface area contributed by atoms with E-state index in [4.69, 9.17) is 0 Å². The van der Waals surface area contributed by atoms with Crippen LogP contribution in [0.2, 0.25) is 0 Å². The van der Waals surface area contributed by atoms with Crippen LogP contribution in [0.3, 0.4) is 0 Å². The Morgan fingerprint density at radius 2 is 1.78 bits per heavy atom. The molecule has 0 spiro atoms. The van der Waals surface area contributed by atoms with Crippen molar-refractivity contribution >= 4 is 34.2 Å². The molecule has 7 nitrogen and oxygen atoms in total. The third kappa shape index (κ3) is 4.11. The van der Waals surface area contributed by atoms with E-state index in [0.29, 0.717) is 22.5 Å². The van der Waals surface area contributed by atoms with Crippen molar-refractivity contribution in [3.63, 3.8) is 0 Å². The van der Waals surface area contributed by atoms with E-state index < -0.39 is 5.91 Å². The van der Waals surface area contributed by atoms with Crippen molar-refractivity contribution in [3.05, 3.63) is 79.3 Å². The fourth-order valence-corrected chi connectivity index (χ4v) is 2.97. The van der Waals surface area contributed by atoms with Gasteiger partial charge in [0.25, 0.3) is 11.5 Å². The van der Waals surface area contributed by atoms with Gasteiger partial charge in [0.05, 0.1) is 17.0 Å². The van der Waals surface area contributed by atoms with Gasteiger partial charge in [0.2, 0.25) is 0 Å². The Labute approximate surface area is 168 Å². The number of aromatic nitrogens is 2.